The van der Waals surface area contributed by atoms with Crippen LogP contribution in [0.1, 0.15) is 5.01 Å². The molecule has 4 heteroatoms. The van der Waals surface area contributed by atoms with Crippen LogP contribution in [-0.2, 0) is 6.42 Å². The van der Waals surface area contributed by atoms with Crippen molar-refractivity contribution in [3.8, 4) is 17.0 Å². The van der Waals surface area contributed by atoms with Gasteiger partial charge >= 0.3 is 0 Å². The van der Waals surface area contributed by atoms with Crippen LogP contribution >= 0.6 is 11.3 Å². The number of aromatic nitrogens is 1. The minimum Gasteiger partial charge on any atom is -0.497 e. The number of nitrogens with zero attached hydrogens (tertiary/aromatic N) is 1. The lowest BCUT2D eigenvalue weighted by atomic mass is 10.2. The molecular formula is C15H18N2OS. The van der Waals surface area contributed by atoms with E-state index >= 15 is 0 Å². The van der Waals surface area contributed by atoms with Gasteiger partial charge in [0.15, 0.2) is 0 Å². The molecule has 100 valence electrons. The van der Waals surface area contributed by atoms with E-state index < -0.39 is 0 Å². The molecule has 0 bridgehead atoms. The standard InChI is InChI=1S/C15H18N2OS/c1-3-9-16-10-8-15-17-14(11-19-15)12-4-6-13(18-2)7-5-12/h3-7,11,16H,1,8-10H2,2H3. The average molecular weight is 274 g/mol. The molecule has 0 aliphatic heterocycles. The molecular weight excluding hydrogens is 256 g/mol. The van der Waals surface area contributed by atoms with Gasteiger partial charge in [-0.25, -0.2) is 4.98 Å². The van der Waals surface area contributed by atoms with Gasteiger partial charge in [-0.2, -0.15) is 0 Å². The number of ether oxygens (including phenoxy) is 1. The van der Waals surface area contributed by atoms with Crippen LogP contribution in [0.15, 0.2) is 42.3 Å². The number of hydrogen-bond donors (Lipinski definition) is 1. The van der Waals surface area contributed by atoms with E-state index in [1.165, 1.54) is 0 Å². The lowest BCUT2D eigenvalue weighted by molar-refractivity contribution is 0.415. The molecule has 0 saturated carbocycles. The first-order valence-corrected chi connectivity index (χ1v) is 7.12. The lowest BCUT2D eigenvalue weighted by Gasteiger charge is -2.00. The number of thiazole rings is 1. The van der Waals surface area contributed by atoms with E-state index in [-0.39, 0.29) is 0 Å². The summed E-state index contributed by atoms with van der Waals surface area (Å²) in [5, 5.41) is 6.54. The smallest absolute Gasteiger partial charge is 0.118 e. The zero-order valence-electron chi connectivity index (χ0n) is 11.1. The third kappa shape index (κ3) is 3.91. The summed E-state index contributed by atoms with van der Waals surface area (Å²) >= 11 is 1.70. The van der Waals surface area contributed by atoms with Gasteiger partial charge in [-0.15, -0.1) is 17.9 Å². The first-order valence-electron chi connectivity index (χ1n) is 6.24. The minimum absolute atomic E-state index is 0.844. The maximum Gasteiger partial charge on any atom is 0.118 e. The second kappa shape index (κ2) is 7.07. The van der Waals surface area contributed by atoms with Gasteiger partial charge in [0.05, 0.1) is 17.8 Å². The molecule has 0 unspecified atom stereocenters. The SMILES string of the molecule is C=CCNCCc1nc(-c2ccc(OC)cc2)cs1. The Bertz CT molecular complexity index is 519. The molecule has 1 N–H and O–H groups in total. The van der Waals surface area contributed by atoms with E-state index in [0.717, 1.165) is 41.5 Å². The molecule has 19 heavy (non-hydrogen) atoms. The van der Waals surface area contributed by atoms with Crippen molar-refractivity contribution in [2.75, 3.05) is 20.2 Å². The Morgan fingerprint density at radius 1 is 1.37 bits per heavy atom. The van der Waals surface area contributed by atoms with Gasteiger partial charge in [0.1, 0.15) is 5.75 Å². The van der Waals surface area contributed by atoms with Crippen molar-refractivity contribution in [2.45, 2.75) is 6.42 Å². The Morgan fingerprint density at radius 2 is 2.16 bits per heavy atom. The van der Waals surface area contributed by atoms with E-state index in [4.69, 9.17) is 4.74 Å². The predicted octanol–water partition coefficient (Wildman–Crippen LogP) is 3.14. The third-order valence-corrected chi connectivity index (χ3v) is 3.65. The van der Waals surface area contributed by atoms with Crippen molar-refractivity contribution in [3.63, 3.8) is 0 Å². The highest BCUT2D eigenvalue weighted by atomic mass is 32.1. The molecule has 0 aliphatic rings. The van der Waals surface area contributed by atoms with Crippen molar-refractivity contribution >= 4 is 11.3 Å². The number of benzene rings is 1. The number of hydrogen-bond acceptors (Lipinski definition) is 4. The van der Waals surface area contributed by atoms with Crippen molar-refractivity contribution < 1.29 is 4.74 Å². The number of nitrogens with one attached hydrogen (secondary N) is 1. The fraction of sp³-hybridized carbons (Fsp3) is 0.267. The summed E-state index contributed by atoms with van der Waals surface area (Å²) in [6.45, 7) is 5.45. The maximum absolute atomic E-state index is 5.15. The molecule has 0 spiro atoms. The fourth-order valence-corrected chi connectivity index (χ4v) is 2.53. The van der Waals surface area contributed by atoms with E-state index in [9.17, 15) is 0 Å². The zero-order chi connectivity index (χ0) is 13.5. The van der Waals surface area contributed by atoms with Crippen LogP contribution in [-0.4, -0.2) is 25.2 Å². The molecule has 0 fully saturated rings. The Kier molecular flexibility index (Phi) is 5.12. The van der Waals surface area contributed by atoms with Gasteiger partial charge in [0, 0.05) is 30.5 Å². The molecule has 1 aromatic carbocycles. The Balaban J connectivity index is 1.97. The molecule has 0 aliphatic carbocycles. The predicted molar refractivity (Wildman–Crippen MR) is 80.9 cm³/mol. The molecule has 1 aromatic heterocycles. The average Bonchev–Trinajstić information content (AvgIpc) is 2.92. The van der Waals surface area contributed by atoms with Crippen LogP contribution in [0, 0.1) is 0 Å². The van der Waals surface area contributed by atoms with Gasteiger partial charge in [0.25, 0.3) is 0 Å². The minimum atomic E-state index is 0.844. The Morgan fingerprint density at radius 3 is 2.84 bits per heavy atom. The van der Waals surface area contributed by atoms with Gasteiger partial charge in [0.2, 0.25) is 0 Å². The molecule has 0 saturated heterocycles. The molecule has 0 amide bonds. The lowest BCUT2D eigenvalue weighted by Crippen LogP contribution is -2.16. The first kappa shape index (κ1) is 13.8. The van der Waals surface area contributed by atoms with Gasteiger partial charge < -0.3 is 10.1 Å². The van der Waals surface area contributed by atoms with Crippen molar-refractivity contribution in [2.24, 2.45) is 0 Å². The number of rotatable bonds is 7. The van der Waals surface area contributed by atoms with Gasteiger partial charge in [-0.3, -0.25) is 0 Å². The highest BCUT2D eigenvalue weighted by molar-refractivity contribution is 7.09. The van der Waals surface area contributed by atoms with E-state index in [0.29, 0.717) is 0 Å². The summed E-state index contributed by atoms with van der Waals surface area (Å²) in [5.41, 5.74) is 2.16. The van der Waals surface area contributed by atoms with Crippen LogP contribution in [0.2, 0.25) is 0 Å². The van der Waals surface area contributed by atoms with Crippen molar-refractivity contribution in [1.82, 2.24) is 10.3 Å². The van der Waals surface area contributed by atoms with Crippen LogP contribution in [0.4, 0.5) is 0 Å². The van der Waals surface area contributed by atoms with Crippen LogP contribution < -0.4 is 10.1 Å². The molecule has 1 heterocycles. The topological polar surface area (TPSA) is 34.2 Å². The molecule has 0 atom stereocenters. The van der Waals surface area contributed by atoms with Crippen molar-refractivity contribution in [3.05, 3.63) is 47.3 Å². The van der Waals surface area contributed by atoms with Gasteiger partial charge in [-0.1, -0.05) is 6.08 Å². The number of methoxy groups -OCH3 is 1. The second-order valence-electron chi connectivity index (χ2n) is 4.10. The van der Waals surface area contributed by atoms with Crippen molar-refractivity contribution in [1.29, 1.82) is 0 Å². The normalized spacial score (nSPS) is 10.4. The summed E-state index contributed by atoms with van der Waals surface area (Å²) in [6.07, 6.45) is 2.82. The molecule has 2 aromatic rings. The quantitative estimate of drug-likeness (QED) is 0.622. The summed E-state index contributed by atoms with van der Waals surface area (Å²) < 4.78 is 5.15. The summed E-state index contributed by atoms with van der Waals surface area (Å²) in [7, 11) is 1.67. The second-order valence-corrected chi connectivity index (χ2v) is 5.04. The monoisotopic (exact) mass is 274 g/mol. The largest absolute Gasteiger partial charge is 0.497 e. The van der Waals surface area contributed by atoms with Crippen LogP contribution in [0.3, 0.4) is 0 Å². The highest BCUT2D eigenvalue weighted by Gasteiger charge is 2.04. The van der Waals surface area contributed by atoms with Gasteiger partial charge in [-0.05, 0) is 24.3 Å². The molecule has 3 nitrogen and oxygen atoms in total. The van der Waals surface area contributed by atoms with Crippen LogP contribution in [0.25, 0.3) is 11.3 Å². The first-order chi connectivity index (χ1) is 9.33. The van der Waals surface area contributed by atoms with Crippen LogP contribution in [0.5, 0.6) is 5.75 Å². The third-order valence-electron chi connectivity index (χ3n) is 2.74. The summed E-state index contributed by atoms with van der Waals surface area (Å²) in [5.74, 6) is 0.868. The fourth-order valence-electron chi connectivity index (χ4n) is 1.72. The van der Waals surface area contributed by atoms with E-state index in [1.54, 1.807) is 18.4 Å². The Hall–Kier alpha value is -1.65. The molecule has 0 radical (unpaired) electrons. The van der Waals surface area contributed by atoms with E-state index in [2.05, 4.69) is 22.3 Å². The highest BCUT2D eigenvalue weighted by Crippen LogP contribution is 2.24. The maximum atomic E-state index is 5.15. The Labute approximate surface area is 118 Å². The zero-order valence-corrected chi connectivity index (χ0v) is 11.9. The molecule has 2 rings (SSSR count). The van der Waals surface area contributed by atoms with E-state index in [1.807, 2.05) is 30.3 Å². The summed E-state index contributed by atoms with van der Waals surface area (Å²) in [6, 6.07) is 7.99. The summed E-state index contributed by atoms with van der Waals surface area (Å²) in [4.78, 5) is 4.65.